The molecule has 1 aliphatic rings. The molecule has 1 saturated heterocycles. The quantitative estimate of drug-likeness (QED) is 0.286. The first kappa shape index (κ1) is 30.8. The molecule has 1 aliphatic heterocycles. The highest BCUT2D eigenvalue weighted by Crippen LogP contribution is 2.22. The zero-order valence-electron chi connectivity index (χ0n) is 25.2. The second-order valence-corrected chi connectivity index (χ2v) is 11.1. The zero-order chi connectivity index (χ0) is 30.4. The van der Waals surface area contributed by atoms with Crippen molar-refractivity contribution in [3.8, 4) is 0 Å². The van der Waals surface area contributed by atoms with Gasteiger partial charge in [0.05, 0.1) is 18.4 Å². The number of imidazole rings is 1. The Bertz CT molecular complexity index is 1390. The van der Waals surface area contributed by atoms with Crippen LogP contribution in [0.5, 0.6) is 0 Å². The summed E-state index contributed by atoms with van der Waals surface area (Å²) in [6, 6.07) is 2.37. The van der Waals surface area contributed by atoms with E-state index in [0.29, 0.717) is 63.1 Å². The number of hydrogen-bond donors (Lipinski definition) is 3. The molecule has 0 aromatic carbocycles. The number of anilines is 3. The summed E-state index contributed by atoms with van der Waals surface area (Å²) in [7, 11) is 3.35. The Morgan fingerprint density at radius 1 is 1.14 bits per heavy atom. The lowest BCUT2D eigenvalue weighted by Gasteiger charge is -2.36. The van der Waals surface area contributed by atoms with Crippen molar-refractivity contribution in [3.63, 3.8) is 0 Å². The summed E-state index contributed by atoms with van der Waals surface area (Å²) in [5, 5.41) is 17.0. The van der Waals surface area contributed by atoms with Gasteiger partial charge in [-0.3, -0.25) is 9.69 Å². The number of rotatable bonds is 12. The largest absolute Gasteiger partial charge is 0.465 e. The van der Waals surface area contributed by atoms with E-state index in [-0.39, 0.29) is 18.5 Å². The Kier molecular flexibility index (Phi) is 9.99. The number of pyridine rings is 1. The van der Waals surface area contributed by atoms with E-state index in [1.165, 1.54) is 11.9 Å². The predicted octanol–water partition coefficient (Wildman–Crippen LogP) is 1.79. The Labute approximate surface area is 246 Å². The molecule has 1 atom stereocenters. The monoisotopic (exact) mass is 581 g/mol. The Morgan fingerprint density at radius 3 is 2.55 bits per heavy atom. The SMILES string of the molecule is CCC[C@H](C)Nc1nc(N)c2ncc(Cc3cnc(N4CCN(C(=O)CN(C)CCN(C)C(=O)O)CC4)c(C)c3)n2n1. The van der Waals surface area contributed by atoms with Gasteiger partial charge in [0.2, 0.25) is 11.9 Å². The Hall–Kier alpha value is -4.20. The summed E-state index contributed by atoms with van der Waals surface area (Å²) in [5.41, 5.74) is 9.71. The number of carboxylic acid groups (broad SMARTS) is 1. The molecule has 42 heavy (non-hydrogen) atoms. The van der Waals surface area contributed by atoms with Gasteiger partial charge in [-0.15, -0.1) is 5.10 Å². The molecule has 0 radical (unpaired) electrons. The van der Waals surface area contributed by atoms with E-state index >= 15 is 0 Å². The summed E-state index contributed by atoms with van der Waals surface area (Å²) in [5.74, 6) is 1.79. The van der Waals surface area contributed by atoms with Crippen LogP contribution >= 0.6 is 0 Å². The van der Waals surface area contributed by atoms with Gasteiger partial charge in [-0.2, -0.15) is 4.98 Å². The number of aryl methyl sites for hydroxylation is 1. The minimum Gasteiger partial charge on any atom is -0.465 e. The molecular formula is C28H43N11O3. The number of nitrogens with two attached hydrogens (primary N) is 1. The molecule has 0 unspecified atom stereocenters. The topological polar surface area (TPSA) is 161 Å². The highest BCUT2D eigenvalue weighted by atomic mass is 16.4. The summed E-state index contributed by atoms with van der Waals surface area (Å²) < 4.78 is 1.75. The number of carbonyl (C=O) groups excluding carboxylic acids is 1. The lowest BCUT2D eigenvalue weighted by Crippen LogP contribution is -2.51. The zero-order valence-corrected chi connectivity index (χ0v) is 25.2. The molecule has 0 bridgehead atoms. The molecule has 14 nitrogen and oxygen atoms in total. The van der Waals surface area contributed by atoms with Crippen LogP contribution in [0.15, 0.2) is 18.5 Å². The Balaban J connectivity index is 1.35. The summed E-state index contributed by atoms with van der Waals surface area (Å²) in [6.45, 7) is 10.0. The number of nitrogens with zero attached hydrogens (tertiary/aromatic N) is 9. The summed E-state index contributed by atoms with van der Waals surface area (Å²) in [4.78, 5) is 44.5. The van der Waals surface area contributed by atoms with Crippen LogP contribution in [0.4, 0.5) is 22.4 Å². The number of amides is 2. The number of likely N-dealkylation sites (N-methyl/N-ethyl adjacent to an activating group) is 2. The molecule has 4 heterocycles. The average molecular weight is 582 g/mol. The molecule has 228 valence electrons. The van der Waals surface area contributed by atoms with E-state index in [1.54, 1.807) is 10.7 Å². The van der Waals surface area contributed by atoms with Crippen molar-refractivity contribution in [2.75, 3.05) is 75.9 Å². The fraction of sp³-hybridized carbons (Fsp3) is 0.571. The van der Waals surface area contributed by atoms with E-state index in [2.05, 4.69) is 52.1 Å². The number of hydrogen-bond acceptors (Lipinski definition) is 10. The number of aromatic nitrogens is 5. The van der Waals surface area contributed by atoms with E-state index in [0.717, 1.165) is 35.5 Å². The maximum absolute atomic E-state index is 12.8. The van der Waals surface area contributed by atoms with Crippen molar-refractivity contribution in [1.82, 2.24) is 39.3 Å². The third-order valence-corrected chi connectivity index (χ3v) is 7.53. The Morgan fingerprint density at radius 2 is 1.88 bits per heavy atom. The first-order chi connectivity index (χ1) is 20.0. The minimum absolute atomic E-state index is 0.0471. The van der Waals surface area contributed by atoms with E-state index in [4.69, 9.17) is 15.8 Å². The van der Waals surface area contributed by atoms with Gasteiger partial charge in [-0.05, 0) is 38.4 Å². The van der Waals surface area contributed by atoms with Crippen molar-refractivity contribution >= 4 is 35.2 Å². The van der Waals surface area contributed by atoms with Crippen LogP contribution in [-0.4, -0.2) is 122 Å². The predicted molar refractivity (Wildman–Crippen MR) is 162 cm³/mol. The van der Waals surface area contributed by atoms with Gasteiger partial charge in [0.15, 0.2) is 11.5 Å². The van der Waals surface area contributed by atoms with E-state index in [1.807, 2.05) is 23.0 Å². The smallest absolute Gasteiger partial charge is 0.407 e. The molecule has 4 N–H and O–H groups in total. The van der Waals surface area contributed by atoms with Gasteiger partial charge in [0, 0.05) is 65.0 Å². The maximum Gasteiger partial charge on any atom is 0.407 e. The van der Waals surface area contributed by atoms with Gasteiger partial charge in [0.1, 0.15) is 5.82 Å². The average Bonchev–Trinajstić information content (AvgIpc) is 3.34. The third kappa shape index (κ3) is 7.55. The molecule has 0 saturated carbocycles. The molecule has 3 aromatic rings. The lowest BCUT2D eigenvalue weighted by molar-refractivity contribution is -0.132. The van der Waals surface area contributed by atoms with Crippen LogP contribution < -0.4 is 16.0 Å². The van der Waals surface area contributed by atoms with Crippen molar-refractivity contribution < 1.29 is 14.7 Å². The number of nitrogen functional groups attached to an aromatic ring is 1. The maximum atomic E-state index is 12.8. The van der Waals surface area contributed by atoms with Crippen LogP contribution in [0, 0.1) is 6.92 Å². The van der Waals surface area contributed by atoms with E-state index in [9.17, 15) is 9.59 Å². The molecule has 4 rings (SSSR count). The van der Waals surface area contributed by atoms with Crippen LogP contribution in [0.25, 0.3) is 5.65 Å². The highest BCUT2D eigenvalue weighted by molar-refractivity contribution is 5.78. The van der Waals surface area contributed by atoms with Gasteiger partial charge >= 0.3 is 6.09 Å². The number of nitrogens with one attached hydrogen (secondary N) is 1. The van der Waals surface area contributed by atoms with Crippen molar-refractivity contribution in [2.24, 2.45) is 0 Å². The van der Waals surface area contributed by atoms with Crippen molar-refractivity contribution in [3.05, 3.63) is 35.3 Å². The van der Waals surface area contributed by atoms with Crippen LogP contribution in [0.1, 0.15) is 43.5 Å². The van der Waals surface area contributed by atoms with Crippen molar-refractivity contribution in [2.45, 2.75) is 46.1 Å². The second-order valence-electron chi connectivity index (χ2n) is 11.1. The fourth-order valence-electron chi connectivity index (χ4n) is 5.11. The molecule has 0 aliphatic carbocycles. The highest BCUT2D eigenvalue weighted by Gasteiger charge is 2.24. The van der Waals surface area contributed by atoms with Gasteiger partial charge in [-0.1, -0.05) is 19.4 Å². The van der Waals surface area contributed by atoms with Crippen LogP contribution in [0.2, 0.25) is 0 Å². The first-order valence-corrected chi connectivity index (χ1v) is 14.4. The summed E-state index contributed by atoms with van der Waals surface area (Å²) in [6.07, 6.45) is 5.35. The summed E-state index contributed by atoms with van der Waals surface area (Å²) >= 11 is 0. The standard InChI is InChI=1S/C28H43N11O3/c1-6-7-20(3)32-27-33-24(29)26-31-17-22(39(26)34-27)15-21-14-19(2)25(30-16-21)38-12-10-37(11-13-38)23(40)18-35(4)8-9-36(5)28(41)42/h14,16-17,20H,6-13,15,18H2,1-5H3,(H,41,42)(H3,29,32,33,34)/t20-/m0/s1. The van der Waals surface area contributed by atoms with Crippen LogP contribution in [0.3, 0.4) is 0 Å². The van der Waals surface area contributed by atoms with Gasteiger partial charge in [-0.25, -0.2) is 19.3 Å². The number of carbonyl (C=O) groups is 2. The molecule has 0 spiro atoms. The molecule has 2 amide bonds. The lowest BCUT2D eigenvalue weighted by atomic mass is 10.1. The molecule has 3 aromatic heterocycles. The number of fused-ring (bicyclic) bond motifs is 1. The molecule has 14 heteroatoms. The van der Waals surface area contributed by atoms with Crippen LogP contribution in [-0.2, 0) is 11.2 Å². The fourth-order valence-corrected chi connectivity index (χ4v) is 5.11. The van der Waals surface area contributed by atoms with E-state index < -0.39 is 6.09 Å². The first-order valence-electron chi connectivity index (χ1n) is 14.4. The normalized spacial score (nSPS) is 14.4. The molecule has 1 fully saturated rings. The second kappa shape index (κ2) is 13.6. The molecular weight excluding hydrogens is 538 g/mol. The van der Waals surface area contributed by atoms with Gasteiger partial charge in [0.25, 0.3) is 0 Å². The van der Waals surface area contributed by atoms with Gasteiger partial charge < -0.3 is 30.9 Å². The minimum atomic E-state index is -0.975. The van der Waals surface area contributed by atoms with Crippen molar-refractivity contribution in [1.29, 1.82) is 0 Å². The number of piperazine rings is 1. The third-order valence-electron chi connectivity index (χ3n) is 7.53.